The van der Waals surface area contributed by atoms with Crippen LogP contribution in [0.3, 0.4) is 0 Å². The summed E-state index contributed by atoms with van der Waals surface area (Å²) in [4.78, 5) is 23.3. The Morgan fingerprint density at radius 3 is 2.88 bits per heavy atom. The van der Waals surface area contributed by atoms with Crippen molar-refractivity contribution in [1.29, 1.82) is 0 Å². The molecule has 0 radical (unpaired) electrons. The fraction of sp³-hybridized carbons (Fsp3) is 0.316. The van der Waals surface area contributed by atoms with Gasteiger partial charge in [0.1, 0.15) is 18.5 Å². The molecule has 0 spiro atoms. The van der Waals surface area contributed by atoms with E-state index in [1.54, 1.807) is 12.4 Å². The van der Waals surface area contributed by atoms with Crippen molar-refractivity contribution in [1.82, 2.24) is 19.4 Å². The van der Waals surface area contributed by atoms with Gasteiger partial charge in [0.2, 0.25) is 5.91 Å². The predicted molar refractivity (Wildman–Crippen MR) is 94.0 cm³/mol. The maximum Gasteiger partial charge on any atom is 0.242 e. The van der Waals surface area contributed by atoms with Crippen molar-refractivity contribution >= 4 is 16.9 Å². The number of aryl methyl sites for hydroxylation is 1. The number of ether oxygens (including phenoxy) is 1. The molecule has 2 aromatic heterocycles. The Morgan fingerprint density at radius 1 is 1.24 bits per heavy atom. The third-order valence-electron chi connectivity index (χ3n) is 4.64. The van der Waals surface area contributed by atoms with Gasteiger partial charge >= 0.3 is 0 Å². The summed E-state index contributed by atoms with van der Waals surface area (Å²) in [6, 6.07) is 11.8. The molecular formula is C19H20N4O2. The van der Waals surface area contributed by atoms with E-state index in [1.165, 1.54) is 0 Å². The third-order valence-corrected chi connectivity index (χ3v) is 4.64. The minimum absolute atomic E-state index is 0.0913. The number of nitrogens with zero attached hydrogens (tertiary/aromatic N) is 4. The normalized spacial score (nSPS) is 17.8. The number of aromatic nitrogens is 3. The lowest BCUT2D eigenvalue weighted by Gasteiger charge is -2.33. The molecule has 1 fully saturated rings. The number of rotatable bonds is 3. The van der Waals surface area contributed by atoms with Crippen LogP contribution in [0.2, 0.25) is 0 Å². The second kappa shape index (κ2) is 6.64. The molecule has 3 heterocycles. The van der Waals surface area contributed by atoms with Crippen molar-refractivity contribution in [3.8, 4) is 0 Å². The first-order chi connectivity index (χ1) is 12.2. The van der Waals surface area contributed by atoms with E-state index in [2.05, 4.69) is 9.97 Å². The number of benzene rings is 1. The molecule has 1 aromatic carbocycles. The maximum absolute atomic E-state index is 12.8. The molecule has 6 nitrogen and oxygen atoms in total. The van der Waals surface area contributed by atoms with E-state index in [0.29, 0.717) is 26.2 Å². The molecule has 1 saturated heterocycles. The van der Waals surface area contributed by atoms with Gasteiger partial charge in [0, 0.05) is 18.9 Å². The van der Waals surface area contributed by atoms with E-state index >= 15 is 0 Å². The van der Waals surface area contributed by atoms with E-state index in [-0.39, 0.29) is 12.0 Å². The first-order valence-electron chi connectivity index (χ1n) is 8.43. The molecule has 0 aliphatic carbocycles. The smallest absolute Gasteiger partial charge is 0.242 e. The molecule has 1 aliphatic rings. The van der Waals surface area contributed by atoms with Gasteiger partial charge in [0.05, 0.1) is 24.2 Å². The Balaban J connectivity index is 1.51. The van der Waals surface area contributed by atoms with Crippen molar-refractivity contribution in [2.75, 3.05) is 19.7 Å². The van der Waals surface area contributed by atoms with Crippen LogP contribution in [-0.4, -0.2) is 45.0 Å². The van der Waals surface area contributed by atoms with Gasteiger partial charge in [-0.25, -0.2) is 4.98 Å². The van der Waals surface area contributed by atoms with Crippen LogP contribution in [-0.2, 0) is 16.1 Å². The number of para-hydroxylation sites is 2. The highest BCUT2D eigenvalue weighted by atomic mass is 16.5. The molecule has 25 heavy (non-hydrogen) atoms. The van der Waals surface area contributed by atoms with E-state index < -0.39 is 0 Å². The number of carbonyl (C=O) groups is 1. The van der Waals surface area contributed by atoms with Gasteiger partial charge in [0.15, 0.2) is 0 Å². The Labute approximate surface area is 146 Å². The zero-order valence-corrected chi connectivity index (χ0v) is 14.1. The summed E-state index contributed by atoms with van der Waals surface area (Å²) < 4.78 is 7.81. The fourth-order valence-corrected chi connectivity index (χ4v) is 3.29. The highest BCUT2D eigenvalue weighted by Crippen LogP contribution is 2.22. The molecule has 4 rings (SSSR count). The first kappa shape index (κ1) is 15.8. The number of fused-ring (bicyclic) bond motifs is 1. The van der Waals surface area contributed by atoms with Gasteiger partial charge in [-0.2, -0.15) is 0 Å². The molecule has 0 N–H and O–H groups in total. The minimum Gasteiger partial charge on any atom is -0.370 e. The average Bonchev–Trinajstić information content (AvgIpc) is 2.98. The molecule has 1 aliphatic heterocycles. The van der Waals surface area contributed by atoms with Crippen molar-refractivity contribution in [2.24, 2.45) is 0 Å². The first-order valence-corrected chi connectivity index (χ1v) is 8.43. The molecule has 0 saturated carbocycles. The maximum atomic E-state index is 12.8. The Morgan fingerprint density at radius 2 is 2.04 bits per heavy atom. The zero-order valence-electron chi connectivity index (χ0n) is 14.1. The van der Waals surface area contributed by atoms with Gasteiger partial charge in [0.25, 0.3) is 0 Å². The Kier molecular flexibility index (Phi) is 4.19. The van der Waals surface area contributed by atoms with E-state index in [9.17, 15) is 4.79 Å². The highest BCUT2D eigenvalue weighted by Gasteiger charge is 2.26. The quantitative estimate of drug-likeness (QED) is 0.736. The number of imidazole rings is 1. The van der Waals surface area contributed by atoms with Gasteiger partial charge in [-0.3, -0.25) is 9.78 Å². The number of hydrogen-bond acceptors (Lipinski definition) is 4. The van der Waals surface area contributed by atoms with Crippen LogP contribution in [0.1, 0.15) is 17.5 Å². The molecule has 0 bridgehead atoms. The lowest BCUT2D eigenvalue weighted by molar-refractivity contribution is -0.139. The van der Waals surface area contributed by atoms with Crippen molar-refractivity contribution < 1.29 is 9.53 Å². The van der Waals surface area contributed by atoms with Crippen LogP contribution in [0.5, 0.6) is 0 Å². The lowest BCUT2D eigenvalue weighted by atomic mass is 10.1. The van der Waals surface area contributed by atoms with Crippen molar-refractivity contribution in [2.45, 2.75) is 19.6 Å². The molecule has 0 unspecified atom stereocenters. The van der Waals surface area contributed by atoms with Crippen LogP contribution in [0, 0.1) is 6.92 Å². The zero-order chi connectivity index (χ0) is 17.2. The van der Waals surface area contributed by atoms with Gasteiger partial charge < -0.3 is 14.2 Å². The van der Waals surface area contributed by atoms with E-state index in [1.807, 2.05) is 52.8 Å². The van der Waals surface area contributed by atoms with Gasteiger partial charge in [-0.15, -0.1) is 0 Å². The number of pyridine rings is 1. The SMILES string of the molecule is Cc1nc2ccccc2n1CC(=O)N1CCO[C@@H](c2ccncc2)C1. The Bertz CT molecular complexity index is 891. The lowest BCUT2D eigenvalue weighted by Crippen LogP contribution is -2.43. The average molecular weight is 336 g/mol. The summed E-state index contributed by atoms with van der Waals surface area (Å²) in [5, 5.41) is 0. The van der Waals surface area contributed by atoms with Gasteiger partial charge in [-0.05, 0) is 36.8 Å². The van der Waals surface area contributed by atoms with Crippen molar-refractivity contribution in [3.63, 3.8) is 0 Å². The summed E-state index contributed by atoms with van der Waals surface area (Å²) in [5.74, 6) is 0.946. The van der Waals surface area contributed by atoms with Crippen LogP contribution in [0.25, 0.3) is 11.0 Å². The predicted octanol–water partition coefficient (Wildman–Crippen LogP) is 2.34. The Hall–Kier alpha value is -2.73. The number of morpholine rings is 1. The summed E-state index contributed by atoms with van der Waals surface area (Å²) in [7, 11) is 0. The molecular weight excluding hydrogens is 316 g/mol. The molecule has 6 heteroatoms. The van der Waals surface area contributed by atoms with E-state index in [4.69, 9.17) is 4.74 Å². The summed E-state index contributed by atoms with van der Waals surface area (Å²) in [6.45, 7) is 3.96. The van der Waals surface area contributed by atoms with Crippen LogP contribution in [0.4, 0.5) is 0 Å². The molecule has 128 valence electrons. The highest BCUT2D eigenvalue weighted by molar-refractivity contribution is 5.81. The topological polar surface area (TPSA) is 60.2 Å². The van der Waals surface area contributed by atoms with Crippen LogP contribution in [0.15, 0.2) is 48.8 Å². The summed E-state index contributed by atoms with van der Waals surface area (Å²) in [6.07, 6.45) is 3.40. The standard InChI is InChI=1S/C19H20N4O2/c1-14-21-16-4-2-3-5-17(16)23(14)13-19(24)22-10-11-25-18(12-22)15-6-8-20-9-7-15/h2-9,18H,10-13H2,1H3/t18-/m1/s1. The second-order valence-electron chi connectivity index (χ2n) is 6.21. The van der Waals surface area contributed by atoms with Crippen molar-refractivity contribution in [3.05, 3.63) is 60.2 Å². The molecule has 1 atom stereocenters. The van der Waals surface area contributed by atoms with E-state index in [0.717, 1.165) is 22.4 Å². The fourth-order valence-electron chi connectivity index (χ4n) is 3.29. The minimum atomic E-state index is -0.0960. The summed E-state index contributed by atoms with van der Waals surface area (Å²) >= 11 is 0. The second-order valence-corrected chi connectivity index (χ2v) is 6.21. The monoisotopic (exact) mass is 336 g/mol. The van der Waals surface area contributed by atoms with Gasteiger partial charge in [-0.1, -0.05) is 12.1 Å². The molecule has 1 amide bonds. The van der Waals surface area contributed by atoms with Crippen LogP contribution < -0.4 is 0 Å². The number of carbonyl (C=O) groups excluding carboxylic acids is 1. The van der Waals surface area contributed by atoms with Crippen LogP contribution >= 0.6 is 0 Å². The third kappa shape index (κ3) is 3.13. The largest absolute Gasteiger partial charge is 0.370 e. The molecule has 3 aromatic rings. The number of amides is 1. The number of hydrogen-bond donors (Lipinski definition) is 0. The summed E-state index contributed by atoms with van der Waals surface area (Å²) in [5.41, 5.74) is 2.97.